The van der Waals surface area contributed by atoms with Gasteiger partial charge in [-0.15, -0.1) is 10.2 Å². The third kappa shape index (κ3) is 7.04. The van der Waals surface area contributed by atoms with E-state index < -0.39 is 15.7 Å². The quantitative estimate of drug-likeness (QED) is 0.322. The first kappa shape index (κ1) is 24.7. The van der Waals surface area contributed by atoms with Crippen LogP contribution >= 0.6 is 11.3 Å². The molecule has 9 nitrogen and oxygen atoms in total. The van der Waals surface area contributed by atoms with Crippen LogP contribution < -0.4 is 5.32 Å². The highest BCUT2D eigenvalue weighted by Crippen LogP contribution is 2.23. The first-order valence-corrected chi connectivity index (χ1v) is 13.5. The molecule has 1 unspecified atom stereocenters. The minimum absolute atomic E-state index is 0.0586. The number of rotatable bonds is 11. The van der Waals surface area contributed by atoms with Gasteiger partial charge in [0.2, 0.25) is 0 Å². The van der Waals surface area contributed by atoms with Crippen LogP contribution in [0.25, 0.3) is 11.3 Å². The van der Waals surface area contributed by atoms with E-state index in [-0.39, 0.29) is 29.8 Å². The molecule has 35 heavy (non-hydrogen) atoms. The lowest BCUT2D eigenvalue weighted by Crippen LogP contribution is -2.29. The van der Waals surface area contributed by atoms with Gasteiger partial charge in [-0.05, 0) is 12.5 Å². The predicted molar refractivity (Wildman–Crippen MR) is 131 cm³/mol. The van der Waals surface area contributed by atoms with Crippen LogP contribution in [0.5, 0.6) is 0 Å². The summed E-state index contributed by atoms with van der Waals surface area (Å²) >= 11 is 1.20. The monoisotopic (exact) mass is 512 g/mol. The molecule has 0 aliphatic rings. The SMILES string of the molecule is CC(OCc1ccccc1)c1nnc(CS(=O)(=O)CCNC(=O)c2cc(-c3ccccc3)on2)s1. The van der Waals surface area contributed by atoms with Gasteiger partial charge >= 0.3 is 0 Å². The van der Waals surface area contributed by atoms with Crippen molar-refractivity contribution in [3.8, 4) is 11.3 Å². The molecular formula is C24H24N4O5S2. The fourth-order valence-corrected chi connectivity index (χ4v) is 5.55. The molecule has 1 atom stereocenters. The fraction of sp³-hybridized carbons (Fsp3) is 0.250. The number of nitrogens with one attached hydrogen (secondary N) is 1. The second-order valence-corrected chi connectivity index (χ2v) is 11.0. The topological polar surface area (TPSA) is 124 Å². The highest BCUT2D eigenvalue weighted by atomic mass is 32.2. The van der Waals surface area contributed by atoms with Crippen molar-refractivity contribution in [3.63, 3.8) is 0 Å². The minimum Gasteiger partial charge on any atom is -0.367 e. The highest BCUT2D eigenvalue weighted by Gasteiger charge is 2.20. The molecule has 0 aliphatic carbocycles. The molecule has 2 aromatic heterocycles. The van der Waals surface area contributed by atoms with Crippen LogP contribution in [-0.4, -0.2) is 42.0 Å². The number of ether oxygens (including phenoxy) is 1. The summed E-state index contributed by atoms with van der Waals surface area (Å²) in [5, 5.41) is 15.4. The predicted octanol–water partition coefficient (Wildman–Crippen LogP) is 3.82. The molecule has 2 heterocycles. The van der Waals surface area contributed by atoms with Gasteiger partial charge in [0.25, 0.3) is 5.91 Å². The third-order valence-corrected chi connectivity index (χ3v) is 7.82. The molecule has 11 heteroatoms. The van der Waals surface area contributed by atoms with Crippen LogP contribution in [0, 0.1) is 0 Å². The molecule has 2 aromatic carbocycles. The number of carbonyl (C=O) groups is 1. The number of sulfone groups is 1. The Balaban J connectivity index is 1.24. The summed E-state index contributed by atoms with van der Waals surface area (Å²) in [6.45, 7) is 2.22. The van der Waals surface area contributed by atoms with E-state index in [0.29, 0.717) is 22.4 Å². The molecular weight excluding hydrogens is 488 g/mol. The Labute approximate surface area is 207 Å². The Morgan fingerprint density at radius 1 is 1.09 bits per heavy atom. The summed E-state index contributed by atoms with van der Waals surface area (Å²) in [7, 11) is -3.51. The lowest BCUT2D eigenvalue weighted by Gasteiger charge is -2.09. The summed E-state index contributed by atoms with van der Waals surface area (Å²) in [6, 6.07) is 20.5. The standard InChI is InChI=1S/C24H24N4O5S2/c1-17(32-15-18-8-4-2-5-9-18)24-27-26-22(34-24)16-35(30,31)13-12-25-23(29)20-14-21(33-28-20)19-10-6-3-7-11-19/h2-11,14,17H,12-13,15-16H2,1H3,(H,25,29). The normalized spacial score (nSPS) is 12.4. The van der Waals surface area contributed by atoms with Crippen molar-refractivity contribution in [2.24, 2.45) is 0 Å². The molecule has 0 aliphatic heterocycles. The van der Waals surface area contributed by atoms with Gasteiger partial charge in [0.15, 0.2) is 21.3 Å². The van der Waals surface area contributed by atoms with Crippen LogP contribution in [0.1, 0.15) is 39.1 Å². The molecule has 0 saturated heterocycles. The van der Waals surface area contributed by atoms with E-state index in [4.69, 9.17) is 9.26 Å². The van der Waals surface area contributed by atoms with E-state index in [1.165, 1.54) is 17.4 Å². The average Bonchev–Trinajstić information content (AvgIpc) is 3.54. The molecule has 0 fully saturated rings. The van der Waals surface area contributed by atoms with Crippen molar-refractivity contribution in [2.45, 2.75) is 25.4 Å². The van der Waals surface area contributed by atoms with Crippen LogP contribution in [0.2, 0.25) is 0 Å². The number of benzene rings is 2. The lowest BCUT2D eigenvalue weighted by atomic mass is 10.1. The molecule has 0 bridgehead atoms. The van der Waals surface area contributed by atoms with Crippen LogP contribution in [0.4, 0.5) is 0 Å². The van der Waals surface area contributed by atoms with Gasteiger partial charge in [-0.1, -0.05) is 77.2 Å². The van der Waals surface area contributed by atoms with E-state index in [9.17, 15) is 13.2 Å². The molecule has 1 N–H and O–H groups in total. The second kappa shape index (κ2) is 11.3. The zero-order valence-electron chi connectivity index (χ0n) is 19.0. The summed E-state index contributed by atoms with van der Waals surface area (Å²) in [5.41, 5.74) is 1.91. The van der Waals surface area contributed by atoms with Crippen molar-refractivity contribution in [1.29, 1.82) is 0 Å². The molecule has 0 spiro atoms. The smallest absolute Gasteiger partial charge is 0.273 e. The Bertz CT molecular complexity index is 1350. The molecule has 182 valence electrons. The number of hydrogen-bond donors (Lipinski definition) is 1. The van der Waals surface area contributed by atoms with Crippen molar-refractivity contribution >= 4 is 27.1 Å². The van der Waals surface area contributed by atoms with E-state index in [0.717, 1.165) is 11.1 Å². The largest absolute Gasteiger partial charge is 0.367 e. The maximum Gasteiger partial charge on any atom is 0.273 e. The molecule has 1 amide bonds. The summed E-state index contributed by atoms with van der Waals surface area (Å²) in [6.07, 6.45) is -0.313. The van der Waals surface area contributed by atoms with Crippen molar-refractivity contribution < 1.29 is 22.5 Å². The van der Waals surface area contributed by atoms with Crippen molar-refractivity contribution in [1.82, 2.24) is 20.7 Å². The van der Waals surface area contributed by atoms with Crippen LogP contribution in [0.15, 0.2) is 71.3 Å². The molecule has 4 rings (SSSR count). The summed E-state index contributed by atoms with van der Waals surface area (Å²) in [4.78, 5) is 12.3. The first-order chi connectivity index (χ1) is 16.9. The van der Waals surface area contributed by atoms with Gasteiger partial charge in [0.1, 0.15) is 21.9 Å². The van der Waals surface area contributed by atoms with E-state index in [1.54, 1.807) is 0 Å². The number of nitrogens with zero attached hydrogens (tertiary/aromatic N) is 3. The lowest BCUT2D eigenvalue weighted by molar-refractivity contribution is 0.0520. The van der Waals surface area contributed by atoms with Gasteiger partial charge in [-0.3, -0.25) is 4.79 Å². The van der Waals surface area contributed by atoms with E-state index >= 15 is 0 Å². The number of aromatic nitrogens is 3. The summed E-state index contributed by atoms with van der Waals surface area (Å²) in [5.74, 6) is -0.545. The van der Waals surface area contributed by atoms with Gasteiger partial charge in [-0.2, -0.15) is 0 Å². The molecule has 0 saturated carbocycles. The van der Waals surface area contributed by atoms with Crippen LogP contribution in [-0.2, 0) is 26.9 Å². The van der Waals surface area contributed by atoms with E-state index in [2.05, 4.69) is 20.7 Å². The molecule has 4 aromatic rings. The fourth-order valence-electron chi connectivity index (χ4n) is 3.15. The highest BCUT2D eigenvalue weighted by molar-refractivity contribution is 7.90. The molecule has 0 radical (unpaired) electrons. The first-order valence-electron chi connectivity index (χ1n) is 10.9. The number of carbonyl (C=O) groups excluding carboxylic acids is 1. The second-order valence-electron chi connectivity index (χ2n) is 7.76. The average molecular weight is 513 g/mol. The number of amides is 1. The van der Waals surface area contributed by atoms with Crippen molar-refractivity contribution in [2.75, 3.05) is 12.3 Å². The van der Waals surface area contributed by atoms with Gasteiger partial charge in [0, 0.05) is 18.2 Å². The van der Waals surface area contributed by atoms with Crippen molar-refractivity contribution in [3.05, 3.63) is 88.0 Å². The third-order valence-electron chi connectivity index (χ3n) is 5.02. The van der Waals surface area contributed by atoms with Gasteiger partial charge in [-0.25, -0.2) is 8.42 Å². The zero-order chi connectivity index (χ0) is 24.7. The Morgan fingerprint density at radius 2 is 1.80 bits per heavy atom. The Hall–Kier alpha value is -3.41. The minimum atomic E-state index is -3.51. The maximum atomic E-state index is 12.5. The van der Waals surface area contributed by atoms with Gasteiger partial charge < -0.3 is 14.6 Å². The Kier molecular flexibility index (Phi) is 8.01. The number of hydrogen-bond acceptors (Lipinski definition) is 9. The Morgan fingerprint density at radius 3 is 2.54 bits per heavy atom. The maximum absolute atomic E-state index is 12.5. The van der Waals surface area contributed by atoms with Crippen LogP contribution in [0.3, 0.4) is 0 Å². The van der Waals surface area contributed by atoms with Gasteiger partial charge in [0.05, 0.1) is 12.4 Å². The van der Waals surface area contributed by atoms with E-state index in [1.807, 2.05) is 67.6 Å². The summed E-state index contributed by atoms with van der Waals surface area (Å²) < 4.78 is 36.1. The zero-order valence-corrected chi connectivity index (χ0v) is 20.6.